The largest absolute Gasteiger partial charge is 0.344 e. The van der Waals surface area contributed by atoms with Gasteiger partial charge in [0, 0.05) is 12.3 Å². The van der Waals surface area contributed by atoms with E-state index >= 15 is 0 Å². The van der Waals surface area contributed by atoms with E-state index in [4.69, 9.17) is 26.9 Å². The molecule has 0 amide bonds. The predicted octanol–water partition coefficient (Wildman–Crippen LogP) is -0.754. The number of hydrogen-bond acceptors (Lipinski definition) is 3. The molecule has 0 aliphatic carbocycles. The molecule has 0 radical (unpaired) electrons. The predicted molar refractivity (Wildman–Crippen MR) is 24.7 cm³/mol. The average Bonchev–Trinajstić information content (AvgIpc) is 1.30. The zero-order valence-electron chi connectivity index (χ0n) is 3.63. The fourth-order valence-corrected chi connectivity index (χ4v) is 0.380. The molecule has 7 heavy (non-hydrogen) atoms. The summed E-state index contributed by atoms with van der Waals surface area (Å²) in [5.74, 6) is -2.55. The minimum Gasteiger partial charge on any atom is -0.344 e. The molecule has 0 heterocycles. The molecule has 0 spiro atoms. The monoisotopic (exact) mass is 126 g/mol. The fraction of sp³-hybridized carbons (Fsp3) is 1.00. The first-order chi connectivity index (χ1) is 3.06. The Morgan fingerprint density at radius 2 is 1.71 bits per heavy atom. The van der Waals surface area contributed by atoms with E-state index in [0.717, 1.165) is 0 Å². The van der Waals surface area contributed by atoms with E-state index in [0.29, 0.717) is 0 Å². The Balaban J connectivity index is 3.15. The molecule has 0 saturated carbocycles. The van der Waals surface area contributed by atoms with Crippen LogP contribution in [0.3, 0.4) is 0 Å². The van der Waals surface area contributed by atoms with Crippen LogP contribution in [-0.4, -0.2) is 27.2 Å². The Bertz CT molecular complexity index is 48.6. The molecular weight excluding hydrogens is 119 g/mol. The van der Waals surface area contributed by atoms with Crippen LogP contribution in [0.1, 0.15) is 6.42 Å². The first-order valence-corrected chi connectivity index (χ1v) is 2.33. The maximum absolute atomic E-state index is 8.04. The Kier molecular flexibility index (Phi) is 2.53. The Hall–Kier alpha value is 0.170. The van der Waals surface area contributed by atoms with Gasteiger partial charge >= 0.3 is 0 Å². The van der Waals surface area contributed by atoms with Crippen molar-refractivity contribution >= 4 is 11.6 Å². The SMILES string of the molecule is OC(O)(O)CCCl. The van der Waals surface area contributed by atoms with Crippen LogP contribution < -0.4 is 0 Å². The summed E-state index contributed by atoms with van der Waals surface area (Å²) in [6, 6.07) is 0. The van der Waals surface area contributed by atoms with Gasteiger partial charge in [0.05, 0.1) is 0 Å². The lowest BCUT2D eigenvalue weighted by Crippen LogP contribution is -2.27. The smallest absolute Gasteiger partial charge is 0.276 e. The van der Waals surface area contributed by atoms with E-state index in [9.17, 15) is 0 Å². The maximum Gasteiger partial charge on any atom is 0.276 e. The van der Waals surface area contributed by atoms with Gasteiger partial charge in [0.15, 0.2) is 0 Å². The minimum absolute atomic E-state index is 0.0312. The normalized spacial score (nSPS) is 12.0. The Morgan fingerprint density at radius 1 is 1.29 bits per heavy atom. The summed E-state index contributed by atoms with van der Waals surface area (Å²) in [6.07, 6.45) is -0.228. The van der Waals surface area contributed by atoms with Gasteiger partial charge < -0.3 is 15.3 Å². The van der Waals surface area contributed by atoms with Gasteiger partial charge in [0.1, 0.15) is 0 Å². The molecule has 0 aromatic heterocycles. The summed E-state index contributed by atoms with van der Waals surface area (Å²) < 4.78 is 0. The highest BCUT2D eigenvalue weighted by atomic mass is 35.5. The van der Waals surface area contributed by atoms with Gasteiger partial charge in [0.25, 0.3) is 5.97 Å². The fourth-order valence-electron chi connectivity index (χ4n) is 0.127. The first-order valence-electron chi connectivity index (χ1n) is 1.79. The van der Waals surface area contributed by atoms with Gasteiger partial charge in [-0.05, 0) is 0 Å². The molecular formula is C3H7ClO3. The standard InChI is InChI=1S/C3H7ClO3/c4-2-1-3(5,6)7/h5-7H,1-2H2. The zero-order chi connectivity index (χ0) is 5.91. The molecule has 0 aliphatic rings. The highest BCUT2D eigenvalue weighted by molar-refractivity contribution is 6.17. The van der Waals surface area contributed by atoms with Crippen LogP contribution >= 0.6 is 11.6 Å². The molecule has 4 heteroatoms. The van der Waals surface area contributed by atoms with Crippen LogP contribution in [0.5, 0.6) is 0 Å². The van der Waals surface area contributed by atoms with Crippen molar-refractivity contribution in [2.75, 3.05) is 5.88 Å². The molecule has 3 nitrogen and oxygen atoms in total. The van der Waals surface area contributed by atoms with Crippen LogP contribution in [0.15, 0.2) is 0 Å². The van der Waals surface area contributed by atoms with E-state index in [1.54, 1.807) is 0 Å². The van der Waals surface area contributed by atoms with E-state index < -0.39 is 5.97 Å². The van der Waals surface area contributed by atoms with Crippen molar-refractivity contribution in [2.24, 2.45) is 0 Å². The number of alkyl halides is 1. The Labute approximate surface area is 46.2 Å². The molecule has 0 fully saturated rings. The van der Waals surface area contributed by atoms with Crippen LogP contribution in [0.4, 0.5) is 0 Å². The van der Waals surface area contributed by atoms with E-state index in [2.05, 4.69) is 0 Å². The summed E-state index contributed by atoms with van der Waals surface area (Å²) >= 11 is 5.01. The van der Waals surface area contributed by atoms with Crippen LogP contribution in [-0.2, 0) is 0 Å². The van der Waals surface area contributed by atoms with Crippen molar-refractivity contribution < 1.29 is 15.3 Å². The van der Waals surface area contributed by atoms with Gasteiger partial charge in [-0.3, -0.25) is 0 Å². The molecule has 3 N–H and O–H groups in total. The van der Waals surface area contributed by atoms with Crippen molar-refractivity contribution in [3.8, 4) is 0 Å². The van der Waals surface area contributed by atoms with Gasteiger partial charge in [0.2, 0.25) is 0 Å². The lowest BCUT2D eigenvalue weighted by molar-refractivity contribution is -0.311. The van der Waals surface area contributed by atoms with E-state index in [-0.39, 0.29) is 12.3 Å². The maximum atomic E-state index is 8.04. The summed E-state index contributed by atoms with van der Waals surface area (Å²) in [5, 5.41) is 24.1. The summed E-state index contributed by atoms with van der Waals surface area (Å²) in [7, 11) is 0. The van der Waals surface area contributed by atoms with Gasteiger partial charge in [-0.2, -0.15) is 0 Å². The molecule has 0 aromatic rings. The summed E-state index contributed by atoms with van der Waals surface area (Å²) in [4.78, 5) is 0. The first kappa shape index (κ1) is 7.17. The van der Waals surface area contributed by atoms with Crippen molar-refractivity contribution in [3.05, 3.63) is 0 Å². The van der Waals surface area contributed by atoms with E-state index in [1.807, 2.05) is 0 Å². The molecule has 0 aromatic carbocycles. The van der Waals surface area contributed by atoms with Gasteiger partial charge in [-0.15, -0.1) is 11.6 Å². The molecule has 0 saturated heterocycles. The summed E-state index contributed by atoms with van der Waals surface area (Å²) in [6.45, 7) is 0. The third-order valence-electron chi connectivity index (χ3n) is 0.430. The Morgan fingerprint density at radius 3 is 1.71 bits per heavy atom. The highest BCUT2D eigenvalue weighted by Crippen LogP contribution is 1.99. The van der Waals surface area contributed by atoms with Gasteiger partial charge in [-0.25, -0.2) is 0 Å². The van der Waals surface area contributed by atoms with Crippen molar-refractivity contribution in [1.29, 1.82) is 0 Å². The number of aliphatic hydroxyl groups is 3. The second kappa shape index (κ2) is 2.47. The third-order valence-corrected chi connectivity index (χ3v) is 0.619. The lowest BCUT2D eigenvalue weighted by Gasteiger charge is -2.09. The second-order valence-electron chi connectivity index (χ2n) is 1.21. The van der Waals surface area contributed by atoms with Crippen molar-refractivity contribution in [3.63, 3.8) is 0 Å². The average molecular weight is 127 g/mol. The number of rotatable bonds is 2. The molecule has 0 bridgehead atoms. The minimum atomic E-state index is -2.58. The number of hydrogen-bond donors (Lipinski definition) is 3. The zero-order valence-corrected chi connectivity index (χ0v) is 4.39. The molecule has 0 atom stereocenters. The molecule has 0 unspecified atom stereocenters. The summed E-state index contributed by atoms with van der Waals surface area (Å²) in [5.41, 5.74) is 0. The third kappa shape index (κ3) is 6.17. The van der Waals surface area contributed by atoms with Crippen LogP contribution in [0.2, 0.25) is 0 Å². The highest BCUT2D eigenvalue weighted by Gasteiger charge is 2.15. The lowest BCUT2D eigenvalue weighted by atomic mass is 10.4. The topological polar surface area (TPSA) is 60.7 Å². The van der Waals surface area contributed by atoms with Crippen LogP contribution in [0.25, 0.3) is 0 Å². The van der Waals surface area contributed by atoms with Crippen molar-refractivity contribution in [1.82, 2.24) is 0 Å². The second-order valence-corrected chi connectivity index (χ2v) is 1.59. The van der Waals surface area contributed by atoms with Gasteiger partial charge in [-0.1, -0.05) is 0 Å². The van der Waals surface area contributed by atoms with Crippen molar-refractivity contribution in [2.45, 2.75) is 12.4 Å². The number of halogens is 1. The molecule has 0 rings (SSSR count). The molecule has 0 aliphatic heterocycles. The van der Waals surface area contributed by atoms with E-state index in [1.165, 1.54) is 0 Å². The van der Waals surface area contributed by atoms with Crippen LogP contribution in [0, 0.1) is 0 Å². The molecule has 44 valence electrons. The quantitative estimate of drug-likeness (QED) is 0.337.